The molecule has 1 fully saturated rings. The molecule has 1 saturated heterocycles. The van der Waals surface area contributed by atoms with Crippen LogP contribution in [0.5, 0.6) is 0 Å². The Hall–Kier alpha value is -1.60. The molecular weight excluding hydrogens is 376 g/mol. The summed E-state index contributed by atoms with van der Waals surface area (Å²) in [5.41, 5.74) is 3.51. The van der Waals surface area contributed by atoms with Gasteiger partial charge in [0.1, 0.15) is 0 Å². The molecule has 1 aromatic heterocycles. The zero-order valence-electron chi connectivity index (χ0n) is 16.7. The lowest BCUT2D eigenvalue weighted by atomic mass is 9.97. The number of carbonyl (C=O) groups is 1. The molecule has 0 aliphatic carbocycles. The van der Waals surface area contributed by atoms with Gasteiger partial charge in [0.15, 0.2) is 4.34 Å². The van der Waals surface area contributed by atoms with Crippen LogP contribution in [0.1, 0.15) is 51.2 Å². The number of nitrogens with zero attached hydrogens (tertiary/aromatic N) is 3. The average Bonchev–Trinajstić information content (AvgIpc) is 3.04. The minimum absolute atomic E-state index is 0.157. The molecule has 146 valence electrons. The van der Waals surface area contributed by atoms with Gasteiger partial charge >= 0.3 is 0 Å². The van der Waals surface area contributed by atoms with Crippen molar-refractivity contribution in [1.82, 2.24) is 15.1 Å². The third-order valence-electron chi connectivity index (χ3n) is 5.24. The molecule has 2 aromatic rings. The number of carbonyl (C=O) groups excluding carboxylic acids is 1. The summed E-state index contributed by atoms with van der Waals surface area (Å²) in [6, 6.07) is 6.88. The van der Waals surface area contributed by atoms with Crippen molar-refractivity contribution in [3.63, 3.8) is 0 Å². The van der Waals surface area contributed by atoms with Crippen LogP contribution in [0.15, 0.2) is 22.5 Å². The zero-order valence-corrected chi connectivity index (χ0v) is 18.3. The van der Waals surface area contributed by atoms with E-state index >= 15 is 0 Å². The summed E-state index contributed by atoms with van der Waals surface area (Å²) >= 11 is 2.99. The van der Waals surface area contributed by atoms with Crippen molar-refractivity contribution < 1.29 is 4.79 Å². The molecule has 1 N–H and O–H groups in total. The van der Waals surface area contributed by atoms with Crippen LogP contribution in [-0.2, 0) is 4.79 Å². The highest BCUT2D eigenvalue weighted by Crippen LogP contribution is 2.33. The summed E-state index contributed by atoms with van der Waals surface area (Å²) in [5.74, 6) is 0.207. The topological polar surface area (TPSA) is 58.1 Å². The number of rotatable bonds is 5. The van der Waals surface area contributed by atoms with Crippen LogP contribution < -0.4 is 5.32 Å². The first-order valence-electron chi connectivity index (χ1n) is 9.51. The summed E-state index contributed by atoms with van der Waals surface area (Å²) in [5, 5.41) is 12.4. The fourth-order valence-electron chi connectivity index (χ4n) is 3.52. The van der Waals surface area contributed by atoms with Gasteiger partial charge in [-0.2, -0.15) is 0 Å². The Kier molecular flexibility index (Phi) is 6.42. The first-order chi connectivity index (χ1) is 12.8. The Bertz CT molecular complexity index is 797. The Morgan fingerprint density at radius 2 is 1.93 bits per heavy atom. The number of amides is 1. The summed E-state index contributed by atoms with van der Waals surface area (Å²) in [6.07, 6.45) is 3.39. The van der Waals surface area contributed by atoms with Gasteiger partial charge in [0, 0.05) is 17.8 Å². The lowest BCUT2D eigenvalue weighted by Crippen LogP contribution is -2.50. The van der Waals surface area contributed by atoms with E-state index in [1.807, 2.05) is 13.0 Å². The molecule has 1 amide bonds. The molecule has 0 radical (unpaired) electrons. The van der Waals surface area contributed by atoms with Gasteiger partial charge in [0.25, 0.3) is 0 Å². The van der Waals surface area contributed by atoms with Gasteiger partial charge in [-0.1, -0.05) is 29.2 Å². The van der Waals surface area contributed by atoms with Crippen LogP contribution in [0, 0.1) is 13.8 Å². The maximum Gasteiger partial charge on any atom is 0.236 e. The second-order valence-corrected chi connectivity index (χ2v) is 10.00. The highest BCUT2D eigenvalue weighted by molar-refractivity contribution is 8.02. The van der Waals surface area contributed by atoms with E-state index in [4.69, 9.17) is 0 Å². The van der Waals surface area contributed by atoms with Gasteiger partial charge < -0.3 is 10.2 Å². The predicted molar refractivity (Wildman–Crippen MR) is 114 cm³/mol. The van der Waals surface area contributed by atoms with Gasteiger partial charge in [-0.05, 0) is 77.1 Å². The number of hydrogen-bond donors (Lipinski definition) is 1. The van der Waals surface area contributed by atoms with Crippen LogP contribution in [0.2, 0.25) is 0 Å². The van der Waals surface area contributed by atoms with Crippen molar-refractivity contribution >= 4 is 39.8 Å². The van der Waals surface area contributed by atoms with Crippen LogP contribution in [-0.4, -0.2) is 38.3 Å². The summed E-state index contributed by atoms with van der Waals surface area (Å²) in [7, 11) is 0. The standard InChI is InChI=1S/C20H28N4OS2/c1-12-9-10-17(11-13(12)2)21-19-22-23-20(27-19)26-16(5)18(25)24-14(3)7-6-8-15(24)4/h9-11,14-16H,6-8H2,1-5H3,(H,21,22)/t14-,15+,16-/m0/s1. The number of benzene rings is 1. The van der Waals surface area contributed by atoms with Crippen LogP contribution in [0.3, 0.4) is 0 Å². The first-order valence-corrected chi connectivity index (χ1v) is 11.2. The van der Waals surface area contributed by atoms with Crippen molar-refractivity contribution in [3.8, 4) is 0 Å². The quantitative estimate of drug-likeness (QED) is 0.697. The van der Waals surface area contributed by atoms with E-state index in [0.29, 0.717) is 12.1 Å². The van der Waals surface area contributed by atoms with E-state index in [1.54, 1.807) is 0 Å². The number of nitrogens with one attached hydrogen (secondary N) is 1. The Balaban J connectivity index is 1.62. The van der Waals surface area contributed by atoms with Gasteiger partial charge in [-0.15, -0.1) is 10.2 Å². The maximum atomic E-state index is 12.9. The molecule has 5 nitrogen and oxygen atoms in total. The van der Waals surface area contributed by atoms with Crippen LogP contribution in [0.4, 0.5) is 10.8 Å². The van der Waals surface area contributed by atoms with Crippen molar-refractivity contribution in [2.45, 2.75) is 75.6 Å². The number of anilines is 2. The molecule has 0 saturated carbocycles. The second-order valence-electron chi connectivity index (χ2n) is 7.43. The molecule has 7 heteroatoms. The molecule has 2 heterocycles. The SMILES string of the molecule is Cc1ccc(Nc2nnc(S[C@@H](C)C(=O)N3[C@H](C)CCC[C@@H]3C)s2)cc1C. The fourth-order valence-corrected chi connectivity index (χ4v) is 5.49. The number of thioether (sulfide) groups is 1. The van der Waals surface area contributed by atoms with E-state index in [2.05, 4.69) is 60.2 Å². The summed E-state index contributed by atoms with van der Waals surface area (Å²) in [6.45, 7) is 10.5. The average molecular weight is 405 g/mol. The second kappa shape index (κ2) is 8.61. The minimum atomic E-state index is -0.157. The molecule has 1 aliphatic heterocycles. The number of aryl methyl sites for hydroxylation is 2. The van der Waals surface area contributed by atoms with Gasteiger partial charge in [0.2, 0.25) is 11.0 Å². The lowest BCUT2D eigenvalue weighted by molar-refractivity contribution is -0.136. The van der Waals surface area contributed by atoms with Gasteiger partial charge in [-0.3, -0.25) is 4.79 Å². The van der Waals surface area contributed by atoms with Crippen molar-refractivity contribution in [3.05, 3.63) is 29.3 Å². The number of likely N-dealkylation sites (tertiary alicyclic amines) is 1. The van der Waals surface area contributed by atoms with Crippen molar-refractivity contribution in [2.75, 3.05) is 5.32 Å². The Morgan fingerprint density at radius 3 is 2.59 bits per heavy atom. The van der Waals surface area contributed by atoms with E-state index in [9.17, 15) is 4.79 Å². The monoisotopic (exact) mass is 404 g/mol. The normalized spacial score (nSPS) is 21.1. The minimum Gasteiger partial charge on any atom is -0.336 e. The zero-order chi connectivity index (χ0) is 19.6. The highest BCUT2D eigenvalue weighted by atomic mass is 32.2. The number of piperidine rings is 1. The van der Waals surface area contributed by atoms with Crippen molar-refractivity contribution in [1.29, 1.82) is 0 Å². The highest BCUT2D eigenvalue weighted by Gasteiger charge is 2.32. The van der Waals surface area contributed by atoms with E-state index in [-0.39, 0.29) is 11.2 Å². The largest absolute Gasteiger partial charge is 0.336 e. The smallest absolute Gasteiger partial charge is 0.236 e. The van der Waals surface area contributed by atoms with Crippen LogP contribution in [0.25, 0.3) is 0 Å². The molecular formula is C20H28N4OS2. The Labute approximate surface area is 170 Å². The number of hydrogen-bond acceptors (Lipinski definition) is 6. The van der Waals surface area contributed by atoms with Gasteiger partial charge in [0.05, 0.1) is 5.25 Å². The van der Waals surface area contributed by atoms with E-state index in [1.165, 1.54) is 40.6 Å². The lowest BCUT2D eigenvalue weighted by Gasteiger charge is -2.40. The molecule has 27 heavy (non-hydrogen) atoms. The molecule has 0 bridgehead atoms. The molecule has 3 rings (SSSR count). The fraction of sp³-hybridized carbons (Fsp3) is 0.550. The van der Waals surface area contributed by atoms with Gasteiger partial charge in [-0.25, -0.2) is 0 Å². The van der Waals surface area contributed by atoms with E-state index < -0.39 is 0 Å². The molecule has 1 aromatic carbocycles. The predicted octanol–water partition coefficient (Wildman–Crippen LogP) is 5.17. The summed E-state index contributed by atoms with van der Waals surface area (Å²) in [4.78, 5) is 15.0. The third kappa shape index (κ3) is 4.82. The third-order valence-corrected chi connectivity index (χ3v) is 7.25. The molecule has 1 aliphatic rings. The number of aromatic nitrogens is 2. The molecule has 0 spiro atoms. The molecule has 0 unspecified atom stereocenters. The Morgan fingerprint density at radius 1 is 1.22 bits per heavy atom. The van der Waals surface area contributed by atoms with E-state index in [0.717, 1.165) is 28.0 Å². The maximum absolute atomic E-state index is 12.9. The first kappa shape index (κ1) is 20.1. The summed E-state index contributed by atoms with van der Waals surface area (Å²) < 4.78 is 0.819. The molecule has 3 atom stereocenters. The van der Waals surface area contributed by atoms with Crippen LogP contribution >= 0.6 is 23.1 Å². The van der Waals surface area contributed by atoms with Crippen molar-refractivity contribution in [2.24, 2.45) is 0 Å².